The van der Waals surface area contributed by atoms with Crippen LogP contribution in [0.3, 0.4) is 0 Å². The van der Waals surface area contributed by atoms with Gasteiger partial charge in [0, 0.05) is 12.4 Å². The summed E-state index contributed by atoms with van der Waals surface area (Å²) in [5.41, 5.74) is 2.63. The van der Waals surface area contributed by atoms with Crippen molar-refractivity contribution in [3.63, 3.8) is 0 Å². The second-order valence-electron chi connectivity index (χ2n) is 5.49. The third-order valence-electron chi connectivity index (χ3n) is 3.79. The quantitative estimate of drug-likeness (QED) is 0.324. The zero-order valence-corrected chi connectivity index (χ0v) is 19.4. The topological polar surface area (TPSA) is 4.93 Å². The molecule has 0 fully saturated rings. The standard InChI is InChI=1S/C13H10N.C8H11.2ClH.Hf/c1-2-6-12-10-13(9-11(12)5-1)14-7-3-4-8-14;1-2-5-8-6-3-4-7-8;;;/h1-10H;3,6H,2,4-5H2,1H3;2*1H;/q2*-1;;;+4/p-2. The van der Waals surface area contributed by atoms with Gasteiger partial charge in [0.15, 0.2) is 0 Å². The number of halogens is 2. The fourth-order valence-electron chi connectivity index (χ4n) is 2.68. The van der Waals surface area contributed by atoms with E-state index in [-0.39, 0.29) is 50.7 Å². The molecule has 1 aromatic heterocycles. The molecule has 1 aliphatic rings. The molecular weight excluding hydrogens is 516 g/mol. The Morgan fingerprint density at radius 2 is 1.80 bits per heavy atom. The largest absolute Gasteiger partial charge is 4.00 e. The van der Waals surface area contributed by atoms with Gasteiger partial charge in [0.25, 0.3) is 0 Å². The molecule has 1 aliphatic carbocycles. The first-order chi connectivity index (χ1) is 10.9. The molecular formula is C21H21Cl2HfN. The van der Waals surface area contributed by atoms with Crippen molar-refractivity contribution in [2.75, 3.05) is 0 Å². The van der Waals surface area contributed by atoms with Crippen molar-refractivity contribution in [2.24, 2.45) is 0 Å². The van der Waals surface area contributed by atoms with Gasteiger partial charge in [-0.25, -0.2) is 11.6 Å². The molecule has 3 aromatic rings. The van der Waals surface area contributed by atoms with Crippen LogP contribution in [-0.2, 0) is 25.8 Å². The van der Waals surface area contributed by atoms with Gasteiger partial charge in [0.1, 0.15) is 0 Å². The monoisotopic (exact) mass is 537 g/mol. The first-order valence-electron chi connectivity index (χ1n) is 7.92. The molecule has 0 saturated heterocycles. The molecule has 2 aromatic carbocycles. The molecule has 4 heteroatoms. The second-order valence-corrected chi connectivity index (χ2v) is 5.49. The fraction of sp³-hybridized carbons (Fsp3) is 0.190. The van der Waals surface area contributed by atoms with Crippen LogP contribution in [0.4, 0.5) is 0 Å². The van der Waals surface area contributed by atoms with Crippen molar-refractivity contribution in [2.45, 2.75) is 26.2 Å². The molecule has 0 saturated carbocycles. The average molecular weight is 537 g/mol. The van der Waals surface area contributed by atoms with Crippen molar-refractivity contribution in [1.82, 2.24) is 4.57 Å². The van der Waals surface area contributed by atoms with E-state index in [4.69, 9.17) is 0 Å². The third kappa shape index (κ3) is 6.69. The molecule has 128 valence electrons. The van der Waals surface area contributed by atoms with Crippen molar-refractivity contribution < 1.29 is 50.7 Å². The van der Waals surface area contributed by atoms with E-state index >= 15 is 0 Å². The van der Waals surface area contributed by atoms with Crippen LogP contribution in [0, 0.1) is 6.08 Å². The van der Waals surface area contributed by atoms with Crippen LogP contribution < -0.4 is 24.8 Å². The summed E-state index contributed by atoms with van der Waals surface area (Å²) in [4.78, 5) is 0. The van der Waals surface area contributed by atoms with Gasteiger partial charge in [-0.05, 0) is 17.8 Å². The smallest absolute Gasteiger partial charge is 1.00 e. The maximum absolute atomic E-state index is 3.26. The Labute approximate surface area is 181 Å². The predicted molar refractivity (Wildman–Crippen MR) is 94.3 cm³/mol. The van der Waals surface area contributed by atoms with Crippen LogP contribution in [0.5, 0.6) is 0 Å². The van der Waals surface area contributed by atoms with E-state index in [0.29, 0.717) is 0 Å². The van der Waals surface area contributed by atoms with Gasteiger partial charge in [0.05, 0.1) is 0 Å². The van der Waals surface area contributed by atoms with Crippen LogP contribution in [0.15, 0.2) is 78.6 Å². The number of benzene rings is 1. The number of allylic oxidation sites excluding steroid dienone is 4. The number of hydrogen-bond acceptors (Lipinski definition) is 0. The van der Waals surface area contributed by atoms with E-state index < -0.39 is 0 Å². The van der Waals surface area contributed by atoms with E-state index in [9.17, 15) is 0 Å². The van der Waals surface area contributed by atoms with Crippen molar-refractivity contribution in [3.05, 3.63) is 84.7 Å². The minimum absolute atomic E-state index is 0. The molecule has 0 atom stereocenters. The molecule has 1 heterocycles. The van der Waals surface area contributed by atoms with Gasteiger partial charge in [0.2, 0.25) is 0 Å². The van der Waals surface area contributed by atoms with Crippen molar-refractivity contribution >= 4 is 10.8 Å². The first kappa shape index (κ1) is 24.0. The Morgan fingerprint density at radius 3 is 2.40 bits per heavy atom. The normalized spacial score (nSPS) is 11.5. The maximum Gasteiger partial charge on any atom is 4.00 e. The molecule has 1 nitrogen and oxygen atoms in total. The molecule has 0 spiro atoms. The average Bonchev–Trinajstić information content (AvgIpc) is 3.29. The SMILES string of the molecule is CCCC1=[C-]CC=C1.[Cl-].[Cl-].[Hf+4].c1ccc2[cH-]c(-n3cccc3)cc2c1. The number of rotatable bonds is 3. The van der Waals surface area contributed by atoms with Crippen LogP contribution in [0.1, 0.15) is 26.2 Å². The minimum Gasteiger partial charge on any atom is -1.00 e. The van der Waals surface area contributed by atoms with Gasteiger partial charge in [-0.2, -0.15) is 6.08 Å². The maximum atomic E-state index is 3.26. The number of nitrogens with zero attached hydrogens (tertiary/aromatic N) is 1. The summed E-state index contributed by atoms with van der Waals surface area (Å²) >= 11 is 0. The summed E-state index contributed by atoms with van der Waals surface area (Å²) in [6, 6.07) is 16.9. The Kier molecular flexibility index (Phi) is 11.9. The van der Waals surface area contributed by atoms with Crippen molar-refractivity contribution in [1.29, 1.82) is 0 Å². The summed E-state index contributed by atoms with van der Waals surface area (Å²) in [6.07, 6.45) is 15.2. The van der Waals surface area contributed by atoms with Crippen LogP contribution in [0.25, 0.3) is 16.5 Å². The molecule has 0 aliphatic heterocycles. The van der Waals surface area contributed by atoms with Crippen LogP contribution in [0.2, 0.25) is 0 Å². The molecule has 0 N–H and O–H groups in total. The van der Waals surface area contributed by atoms with E-state index in [1.165, 1.54) is 34.9 Å². The van der Waals surface area contributed by atoms with Gasteiger partial charge >= 0.3 is 25.8 Å². The molecule has 25 heavy (non-hydrogen) atoms. The van der Waals surface area contributed by atoms with Crippen molar-refractivity contribution in [3.8, 4) is 5.69 Å². The number of hydrogen-bond donors (Lipinski definition) is 0. The van der Waals surface area contributed by atoms with Crippen LogP contribution >= 0.6 is 0 Å². The summed E-state index contributed by atoms with van der Waals surface area (Å²) in [5.74, 6) is 0. The van der Waals surface area contributed by atoms with E-state index in [1.807, 2.05) is 12.1 Å². The Balaban J connectivity index is 0.000000462. The Bertz CT molecular complexity index is 752. The fourth-order valence-corrected chi connectivity index (χ4v) is 2.68. The van der Waals surface area contributed by atoms with Gasteiger partial charge in [-0.1, -0.05) is 25.8 Å². The Hall–Kier alpha value is -0.960. The summed E-state index contributed by atoms with van der Waals surface area (Å²) < 4.78 is 2.12. The summed E-state index contributed by atoms with van der Waals surface area (Å²) in [6.45, 7) is 2.20. The number of fused-ring (bicyclic) bond motifs is 1. The molecule has 0 radical (unpaired) electrons. The summed E-state index contributed by atoms with van der Waals surface area (Å²) in [7, 11) is 0. The number of aromatic nitrogens is 1. The summed E-state index contributed by atoms with van der Waals surface area (Å²) in [5, 5.41) is 2.60. The zero-order valence-electron chi connectivity index (χ0n) is 14.3. The molecule has 0 unspecified atom stereocenters. The minimum atomic E-state index is 0. The van der Waals surface area contributed by atoms with Gasteiger partial charge < -0.3 is 29.4 Å². The van der Waals surface area contributed by atoms with Gasteiger partial charge in [-0.15, -0.1) is 47.5 Å². The Morgan fingerprint density at radius 1 is 1.08 bits per heavy atom. The first-order valence-corrected chi connectivity index (χ1v) is 7.92. The van der Waals surface area contributed by atoms with E-state index in [0.717, 1.165) is 6.42 Å². The predicted octanol–water partition coefficient (Wildman–Crippen LogP) is -0.169. The third-order valence-corrected chi connectivity index (χ3v) is 3.79. The molecule has 0 bridgehead atoms. The second kappa shape index (κ2) is 12.4. The van der Waals surface area contributed by atoms with Gasteiger partial charge in [-0.3, -0.25) is 6.08 Å². The molecule has 4 rings (SSSR count). The van der Waals surface area contributed by atoms with Crippen LogP contribution in [-0.4, -0.2) is 4.57 Å². The van der Waals surface area contributed by atoms with E-state index in [2.05, 4.69) is 78.5 Å². The molecule has 0 amide bonds. The van der Waals surface area contributed by atoms with E-state index in [1.54, 1.807) is 0 Å². The zero-order chi connectivity index (χ0) is 15.2.